The fraction of sp³-hybridized carbons (Fsp3) is 0.571. The number of hydrogen-bond donors (Lipinski definition) is 1. The Morgan fingerprint density at radius 2 is 2.09 bits per heavy atom. The third kappa shape index (κ3) is 2.95. The standard InChI is InChI=1S/C14H20F2N2O3S/c1-18-7-8(6-17)4-11(18)9-5-10(15)14(22(3,19)20)12(16)13(9)21-2/h5,8,11H,4,6-7,17H2,1-3H3. The zero-order valence-corrected chi connectivity index (χ0v) is 13.6. The van der Waals surface area contributed by atoms with Crippen LogP contribution in [0.2, 0.25) is 0 Å². The Kier molecular flexibility index (Phi) is 4.74. The van der Waals surface area contributed by atoms with E-state index in [1.807, 2.05) is 11.9 Å². The monoisotopic (exact) mass is 334 g/mol. The van der Waals surface area contributed by atoms with E-state index in [0.717, 1.165) is 12.3 Å². The largest absolute Gasteiger partial charge is 0.493 e. The average Bonchev–Trinajstić information content (AvgIpc) is 2.77. The lowest BCUT2D eigenvalue weighted by Crippen LogP contribution is -2.21. The second-order valence-electron chi connectivity index (χ2n) is 5.69. The van der Waals surface area contributed by atoms with Gasteiger partial charge in [-0.2, -0.15) is 0 Å². The van der Waals surface area contributed by atoms with E-state index < -0.39 is 26.4 Å². The number of hydrogen-bond acceptors (Lipinski definition) is 5. The highest BCUT2D eigenvalue weighted by Crippen LogP contribution is 2.41. The van der Waals surface area contributed by atoms with Gasteiger partial charge in [0.1, 0.15) is 10.7 Å². The van der Waals surface area contributed by atoms with Crippen LogP contribution in [0.15, 0.2) is 11.0 Å². The molecular formula is C14H20F2N2O3S. The first-order chi connectivity index (χ1) is 10.2. The molecule has 2 atom stereocenters. The molecule has 1 aromatic carbocycles. The lowest BCUT2D eigenvalue weighted by molar-refractivity contribution is 0.295. The Morgan fingerprint density at radius 1 is 1.45 bits per heavy atom. The van der Waals surface area contributed by atoms with Crippen molar-refractivity contribution in [2.24, 2.45) is 11.7 Å². The van der Waals surface area contributed by atoms with Crippen LogP contribution in [0.4, 0.5) is 8.78 Å². The van der Waals surface area contributed by atoms with E-state index in [9.17, 15) is 17.2 Å². The maximum absolute atomic E-state index is 14.5. The summed E-state index contributed by atoms with van der Waals surface area (Å²) in [4.78, 5) is 0.984. The van der Waals surface area contributed by atoms with Crippen LogP contribution in [0.25, 0.3) is 0 Å². The summed E-state index contributed by atoms with van der Waals surface area (Å²) in [5, 5.41) is 0. The second kappa shape index (κ2) is 6.10. The van der Waals surface area contributed by atoms with Crippen molar-refractivity contribution in [1.29, 1.82) is 0 Å². The predicted octanol–water partition coefficient (Wildman–Crippen LogP) is 1.33. The van der Waals surface area contributed by atoms with Crippen molar-refractivity contribution in [1.82, 2.24) is 4.90 Å². The van der Waals surface area contributed by atoms with Crippen LogP contribution in [0, 0.1) is 17.6 Å². The van der Waals surface area contributed by atoms with Crippen LogP contribution < -0.4 is 10.5 Å². The van der Waals surface area contributed by atoms with Crippen LogP contribution in [0.3, 0.4) is 0 Å². The first-order valence-corrected chi connectivity index (χ1v) is 8.76. The fourth-order valence-electron chi connectivity index (χ4n) is 3.04. The smallest absolute Gasteiger partial charge is 0.186 e. The summed E-state index contributed by atoms with van der Waals surface area (Å²) in [7, 11) is -0.959. The molecule has 5 nitrogen and oxygen atoms in total. The number of rotatable bonds is 4. The summed E-state index contributed by atoms with van der Waals surface area (Å²) in [6.07, 6.45) is 1.40. The van der Waals surface area contributed by atoms with Gasteiger partial charge >= 0.3 is 0 Å². The van der Waals surface area contributed by atoms with Crippen molar-refractivity contribution in [3.8, 4) is 5.75 Å². The van der Waals surface area contributed by atoms with Gasteiger partial charge < -0.3 is 10.5 Å². The van der Waals surface area contributed by atoms with E-state index in [-0.39, 0.29) is 17.7 Å². The van der Waals surface area contributed by atoms with Gasteiger partial charge in [0.15, 0.2) is 21.4 Å². The molecule has 0 bridgehead atoms. The normalized spacial score (nSPS) is 23.0. The minimum absolute atomic E-state index is 0.223. The molecule has 1 saturated heterocycles. The minimum Gasteiger partial charge on any atom is -0.493 e. The third-order valence-corrected chi connectivity index (χ3v) is 5.18. The first-order valence-electron chi connectivity index (χ1n) is 6.86. The lowest BCUT2D eigenvalue weighted by Gasteiger charge is -2.23. The Labute approximate surface area is 129 Å². The number of ether oxygens (including phenoxy) is 1. The molecule has 0 saturated carbocycles. The van der Waals surface area contributed by atoms with E-state index in [0.29, 0.717) is 25.1 Å². The van der Waals surface area contributed by atoms with Crippen molar-refractivity contribution in [3.63, 3.8) is 0 Å². The summed E-state index contributed by atoms with van der Waals surface area (Å²) < 4.78 is 56.8. The topological polar surface area (TPSA) is 72.6 Å². The summed E-state index contributed by atoms with van der Waals surface area (Å²) in [5.41, 5.74) is 5.97. The summed E-state index contributed by atoms with van der Waals surface area (Å²) in [6, 6.07) is 0.791. The SMILES string of the molecule is COc1c(C2CC(CN)CN2C)cc(F)c(S(C)(=O)=O)c1F. The van der Waals surface area contributed by atoms with E-state index >= 15 is 0 Å². The average molecular weight is 334 g/mol. The van der Waals surface area contributed by atoms with Gasteiger partial charge in [-0.1, -0.05) is 0 Å². The zero-order valence-electron chi connectivity index (χ0n) is 12.8. The van der Waals surface area contributed by atoms with Gasteiger partial charge in [0.25, 0.3) is 0 Å². The molecular weight excluding hydrogens is 314 g/mol. The maximum atomic E-state index is 14.5. The van der Waals surface area contributed by atoms with Crippen LogP contribution in [0.5, 0.6) is 5.75 Å². The molecule has 0 amide bonds. The van der Waals surface area contributed by atoms with E-state index in [1.54, 1.807) is 0 Å². The number of likely N-dealkylation sites (tertiary alicyclic amines) is 1. The Bertz CT molecular complexity index is 679. The number of nitrogens with zero attached hydrogens (tertiary/aromatic N) is 1. The van der Waals surface area contributed by atoms with Gasteiger partial charge in [-0.3, -0.25) is 4.90 Å². The zero-order chi connectivity index (χ0) is 16.7. The van der Waals surface area contributed by atoms with Crippen molar-refractivity contribution < 1.29 is 21.9 Å². The molecule has 0 radical (unpaired) electrons. The van der Waals surface area contributed by atoms with E-state index in [4.69, 9.17) is 10.5 Å². The predicted molar refractivity (Wildman–Crippen MR) is 78.6 cm³/mol. The fourth-order valence-corrected chi connectivity index (χ4v) is 3.87. The number of benzene rings is 1. The lowest BCUT2D eigenvalue weighted by atomic mass is 9.98. The molecule has 0 spiro atoms. The van der Waals surface area contributed by atoms with Crippen molar-refractivity contribution in [3.05, 3.63) is 23.3 Å². The van der Waals surface area contributed by atoms with Crippen LogP contribution >= 0.6 is 0 Å². The molecule has 1 heterocycles. The molecule has 124 valence electrons. The van der Waals surface area contributed by atoms with Crippen LogP contribution in [0.1, 0.15) is 18.0 Å². The molecule has 2 rings (SSSR count). The number of methoxy groups -OCH3 is 1. The molecule has 22 heavy (non-hydrogen) atoms. The highest BCUT2D eigenvalue weighted by Gasteiger charge is 2.35. The van der Waals surface area contributed by atoms with Crippen LogP contribution in [-0.4, -0.2) is 46.8 Å². The summed E-state index contributed by atoms with van der Waals surface area (Å²) >= 11 is 0. The molecule has 1 aliphatic rings. The second-order valence-corrected chi connectivity index (χ2v) is 7.64. The van der Waals surface area contributed by atoms with Gasteiger partial charge in [0, 0.05) is 24.4 Å². The summed E-state index contributed by atoms with van der Waals surface area (Å²) in [6.45, 7) is 1.19. The van der Waals surface area contributed by atoms with Gasteiger partial charge in [0.2, 0.25) is 0 Å². The van der Waals surface area contributed by atoms with Crippen molar-refractivity contribution >= 4 is 9.84 Å². The molecule has 1 aromatic rings. The maximum Gasteiger partial charge on any atom is 0.186 e. The van der Waals surface area contributed by atoms with Crippen molar-refractivity contribution in [2.45, 2.75) is 17.4 Å². The molecule has 0 aliphatic carbocycles. The van der Waals surface area contributed by atoms with Crippen molar-refractivity contribution in [2.75, 3.05) is 33.5 Å². The summed E-state index contributed by atoms with van der Waals surface area (Å²) in [5.74, 6) is -2.28. The first kappa shape index (κ1) is 17.1. The van der Waals surface area contributed by atoms with Gasteiger partial charge in [-0.25, -0.2) is 17.2 Å². The van der Waals surface area contributed by atoms with Gasteiger partial charge in [-0.15, -0.1) is 0 Å². The minimum atomic E-state index is -4.03. The molecule has 1 fully saturated rings. The highest BCUT2D eigenvalue weighted by atomic mass is 32.2. The Morgan fingerprint density at radius 3 is 2.55 bits per heavy atom. The Balaban J connectivity index is 2.59. The van der Waals surface area contributed by atoms with E-state index in [1.165, 1.54) is 7.11 Å². The molecule has 2 unspecified atom stereocenters. The van der Waals surface area contributed by atoms with E-state index in [2.05, 4.69) is 0 Å². The highest BCUT2D eigenvalue weighted by molar-refractivity contribution is 7.90. The molecule has 2 N–H and O–H groups in total. The van der Waals surface area contributed by atoms with Gasteiger partial charge in [0.05, 0.1) is 7.11 Å². The quantitative estimate of drug-likeness (QED) is 0.899. The molecule has 1 aliphatic heterocycles. The molecule has 8 heteroatoms. The molecule has 0 aromatic heterocycles. The number of halogens is 2. The number of sulfone groups is 1. The number of nitrogens with two attached hydrogens (primary N) is 1. The van der Waals surface area contributed by atoms with Gasteiger partial charge in [-0.05, 0) is 32.0 Å². The van der Waals surface area contributed by atoms with Crippen LogP contribution in [-0.2, 0) is 9.84 Å². The third-order valence-electron chi connectivity index (χ3n) is 4.06. The Hall–Kier alpha value is -1.25.